The summed E-state index contributed by atoms with van der Waals surface area (Å²) in [6, 6.07) is 17.2. The fourth-order valence-electron chi connectivity index (χ4n) is 4.27. The van der Waals surface area contributed by atoms with Gasteiger partial charge in [-0.1, -0.05) is 29.8 Å². The first-order valence-corrected chi connectivity index (χ1v) is 11.2. The van der Waals surface area contributed by atoms with E-state index in [0.29, 0.717) is 23.9 Å². The van der Waals surface area contributed by atoms with Crippen LogP contribution in [0.3, 0.4) is 0 Å². The number of carbonyl (C=O) groups is 1. The summed E-state index contributed by atoms with van der Waals surface area (Å²) < 4.78 is 7.99. The lowest BCUT2D eigenvalue weighted by Gasteiger charge is -2.39. The SMILES string of the molecule is Cc1nn(-c2ccccc2)c(C)c1N1CCN(C(=O)C(C)(C)Oc2ccc(Cl)cc2)CC1. The molecule has 0 radical (unpaired) electrons. The first kappa shape index (κ1) is 22.2. The number of nitrogens with zero attached hydrogens (tertiary/aromatic N) is 4. The Morgan fingerprint density at radius 2 is 1.59 bits per heavy atom. The fourth-order valence-corrected chi connectivity index (χ4v) is 4.39. The molecule has 2 heterocycles. The van der Waals surface area contributed by atoms with E-state index in [1.54, 1.807) is 24.3 Å². The first-order chi connectivity index (χ1) is 15.3. The van der Waals surface area contributed by atoms with E-state index >= 15 is 0 Å². The molecule has 1 aliphatic heterocycles. The standard InChI is InChI=1S/C25H29ClN4O2/c1-18-23(19(2)30(27-18)21-8-6-5-7-9-21)28-14-16-29(17-15-28)24(31)25(3,4)32-22-12-10-20(26)11-13-22/h5-13H,14-17H2,1-4H3. The highest BCUT2D eigenvalue weighted by atomic mass is 35.5. The Bertz CT molecular complexity index is 1090. The Morgan fingerprint density at radius 1 is 0.969 bits per heavy atom. The van der Waals surface area contributed by atoms with Crippen LogP contribution in [-0.2, 0) is 4.79 Å². The van der Waals surface area contributed by atoms with Crippen LogP contribution in [0.5, 0.6) is 5.75 Å². The van der Waals surface area contributed by atoms with Crippen molar-refractivity contribution in [2.75, 3.05) is 31.1 Å². The molecule has 0 atom stereocenters. The summed E-state index contributed by atoms with van der Waals surface area (Å²) in [4.78, 5) is 17.4. The second-order valence-electron chi connectivity index (χ2n) is 8.61. The predicted molar refractivity (Wildman–Crippen MR) is 128 cm³/mol. The molecule has 4 rings (SSSR count). The first-order valence-electron chi connectivity index (χ1n) is 10.9. The summed E-state index contributed by atoms with van der Waals surface area (Å²) in [5, 5.41) is 5.40. The minimum absolute atomic E-state index is 0.0134. The molecule has 1 aliphatic rings. The molecule has 0 N–H and O–H groups in total. The number of piperazine rings is 1. The van der Waals surface area contributed by atoms with Crippen molar-refractivity contribution in [3.63, 3.8) is 0 Å². The topological polar surface area (TPSA) is 50.6 Å². The molecule has 1 fully saturated rings. The van der Waals surface area contributed by atoms with Gasteiger partial charge >= 0.3 is 0 Å². The molecule has 1 amide bonds. The second kappa shape index (κ2) is 8.87. The number of hydrogen-bond acceptors (Lipinski definition) is 4. The van der Waals surface area contributed by atoms with Crippen LogP contribution in [0.25, 0.3) is 5.69 Å². The lowest BCUT2D eigenvalue weighted by molar-refractivity contribution is -0.145. The van der Waals surface area contributed by atoms with Crippen LogP contribution in [-0.4, -0.2) is 52.4 Å². The summed E-state index contributed by atoms with van der Waals surface area (Å²) >= 11 is 5.95. The largest absolute Gasteiger partial charge is 0.478 e. The van der Waals surface area contributed by atoms with Gasteiger partial charge in [0, 0.05) is 31.2 Å². The molecule has 32 heavy (non-hydrogen) atoms. The number of para-hydroxylation sites is 1. The van der Waals surface area contributed by atoms with Gasteiger partial charge in [-0.15, -0.1) is 0 Å². The zero-order valence-electron chi connectivity index (χ0n) is 19.0. The van der Waals surface area contributed by atoms with E-state index in [0.717, 1.165) is 35.9 Å². The summed E-state index contributed by atoms with van der Waals surface area (Å²) in [5.41, 5.74) is 3.35. The minimum Gasteiger partial charge on any atom is -0.478 e. The molecule has 7 heteroatoms. The van der Waals surface area contributed by atoms with Crippen molar-refractivity contribution in [3.05, 3.63) is 71.0 Å². The Morgan fingerprint density at radius 3 is 2.22 bits per heavy atom. The highest BCUT2D eigenvalue weighted by molar-refractivity contribution is 6.30. The third-order valence-corrected chi connectivity index (χ3v) is 6.09. The highest BCUT2D eigenvalue weighted by Gasteiger charge is 2.36. The average Bonchev–Trinajstić information content (AvgIpc) is 3.09. The number of carbonyl (C=O) groups excluding carboxylic acids is 1. The van der Waals surface area contributed by atoms with Crippen LogP contribution < -0.4 is 9.64 Å². The third-order valence-electron chi connectivity index (χ3n) is 5.84. The summed E-state index contributed by atoms with van der Waals surface area (Å²) in [7, 11) is 0. The number of aryl methyl sites for hydroxylation is 1. The van der Waals surface area contributed by atoms with E-state index in [9.17, 15) is 4.79 Å². The maximum absolute atomic E-state index is 13.2. The van der Waals surface area contributed by atoms with Crippen LogP contribution in [0.1, 0.15) is 25.2 Å². The maximum atomic E-state index is 13.2. The number of aromatic nitrogens is 2. The van der Waals surface area contributed by atoms with E-state index in [-0.39, 0.29) is 5.91 Å². The zero-order chi connectivity index (χ0) is 22.9. The third kappa shape index (κ3) is 4.46. The van der Waals surface area contributed by atoms with Crippen molar-refractivity contribution in [2.24, 2.45) is 0 Å². The summed E-state index contributed by atoms with van der Waals surface area (Å²) in [5.74, 6) is 0.617. The molecule has 1 saturated heterocycles. The van der Waals surface area contributed by atoms with E-state index in [1.165, 1.54) is 0 Å². The van der Waals surface area contributed by atoms with Gasteiger partial charge in [0.15, 0.2) is 5.60 Å². The molecular formula is C25H29ClN4O2. The maximum Gasteiger partial charge on any atom is 0.266 e. The molecule has 0 saturated carbocycles. The number of ether oxygens (including phenoxy) is 1. The number of halogens is 1. The molecular weight excluding hydrogens is 424 g/mol. The highest BCUT2D eigenvalue weighted by Crippen LogP contribution is 2.29. The molecule has 0 bridgehead atoms. The Kier molecular flexibility index (Phi) is 6.15. The molecule has 6 nitrogen and oxygen atoms in total. The normalized spacial score (nSPS) is 14.5. The van der Waals surface area contributed by atoms with E-state index in [1.807, 2.05) is 48.6 Å². The number of rotatable bonds is 5. The monoisotopic (exact) mass is 452 g/mol. The lowest BCUT2D eigenvalue weighted by Crippen LogP contribution is -2.56. The fraction of sp³-hybridized carbons (Fsp3) is 0.360. The smallest absolute Gasteiger partial charge is 0.266 e. The summed E-state index contributed by atoms with van der Waals surface area (Å²) in [6.45, 7) is 10.6. The number of hydrogen-bond donors (Lipinski definition) is 0. The Labute approximate surface area is 194 Å². The predicted octanol–water partition coefficient (Wildman–Crippen LogP) is 4.65. The molecule has 3 aromatic rings. The number of benzene rings is 2. The van der Waals surface area contributed by atoms with Gasteiger partial charge in [0.05, 0.1) is 22.8 Å². The van der Waals surface area contributed by atoms with Gasteiger partial charge in [-0.25, -0.2) is 4.68 Å². The van der Waals surface area contributed by atoms with Crippen LogP contribution >= 0.6 is 11.6 Å². The van der Waals surface area contributed by atoms with Crippen molar-refractivity contribution in [2.45, 2.75) is 33.3 Å². The Balaban J connectivity index is 1.43. The van der Waals surface area contributed by atoms with Crippen molar-refractivity contribution in [1.82, 2.24) is 14.7 Å². The van der Waals surface area contributed by atoms with Crippen LogP contribution in [0.15, 0.2) is 54.6 Å². The molecule has 0 aliphatic carbocycles. The van der Waals surface area contributed by atoms with Crippen LogP contribution in [0, 0.1) is 13.8 Å². The van der Waals surface area contributed by atoms with Crippen LogP contribution in [0.4, 0.5) is 5.69 Å². The molecule has 168 valence electrons. The quantitative estimate of drug-likeness (QED) is 0.565. The molecule has 0 spiro atoms. The zero-order valence-corrected chi connectivity index (χ0v) is 19.8. The second-order valence-corrected chi connectivity index (χ2v) is 9.05. The van der Waals surface area contributed by atoms with E-state index in [2.05, 4.69) is 24.0 Å². The van der Waals surface area contributed by atoms with Gasteiger partial charge in [-0.2, -0.15) is 5.10 Å². The molecule has 0 unspecified atom stereocenters. The van der Waals surface area contributed by atoms with Gasteiger partial charge in [0.2, 0.25) is 0 Å². The average molecular weight is 453 g/mol. The van der Waals surface area contributed by atoms with Gasteiger partial charge in [-0.3, -0.25) is 4.79 Å². The minimum atomic E-state index is -0.958. The van der Waals surface area contributed by atoms with Gasteiger partial charge in [0.1, 0.15) is 5.75 Å². The van der Waals surface area contributed by atoms with Gasteiger partial charge in [0.25, 0.3) is 5.91 Å². The van der Waals surface area contributed by atoms with Crippen molar-refractivity contribution in [3.8, 4) is 11.4 Å². The van der Waals surface area contributed by atoms with Crippen molar-refractivity contribution >= 4 is 23.2 Å². The van der Waals surface area contributed by atoms with Gasteiger partial charge < -0.3 is 14.5 Å². The van der Waals surface area contributed by atoms with Gasteiger partial charge in [-0.05, 0) is 64.1 Å². The van der Waals surface area contributed by atoms with E-state index in [4.69, 9.17) is 21.4 Å². The number of anilines is 1. The Hall–Kier alpha value is -2.99. The lowest BCUT2D eigenvalue weighted by atomic mass is 10.1. The van der Waals surface area contributed by atoms with E-state index < -0.39 is 5.60 Å². The molecule has 2 aromatic carbocycles. The summed E-state index contributed by atoms with van der Waals surface area (Å²) in [6.07, 6.45) is 0. The van der Waals surface area contributed by atoms with Crippen molar-refractivity contribution in [1.29, 1.82) is 0 Å². The van der Waals surface area contributed by atoms with Crippen LogP contribution in [0.2, 0.25) is 5.02 Å². The molecule has 1 aromatic heterocycles. The van der Waals surface area contributed by atoms with Crippen molar-refractivity contribution < 1.29 is 9.53 Å². The number of amides is 1.